The standard InChI is InChI=1S/C15H29N3O2/c1-3-7-17-15(14(16)19,12-5-6-12)11-18-8-9-20-13(4-2)10-18/h12-13,17H,3-11H2,1-2H3,(H2,16,19). The van der Waals surface area contributed by atoms with Crippen LogP contribution >= 0.6 is 0 Å². The molecule has 2 rings (SSSR count). The predicted molar refractivity (Wildman–Crippen MR) is 79.4 cm³/mol. The molecule has 0 aromatic heterocycles. The van der Waals surface area contributed by atoms with Gasteiger partial charge in [-0.2, -0.15) is 0 Å². The molecular weight excluding hydrogens is 254 g/mol. The van der Waals surface area contributed by atoms with Crippen molar-refractivity contribution in [2.24, 2.45) is 11.7 Å². The lowest BCUT2D eigenvalue weighted by Crippen LogP contribution is -2.64. The van der Waals surface area contributed by atoms with Crippen LogP contribution in [0.5, 0.6) is 0 Å². The predicted octanol–water partition coefficient (Wildman–Crippen LogP) is 0.731. The number of ether oxygens (including phenoxy) is 1. The van der Waals surface area contributed by atoms with Crippen LogP contribution in [-0.4, -0.2) is 55.2 Å². The largest absolute Gasteiger partial charge is 0.376 e. The molecule has 2 aliphatic rings. The van der Waals surface area contributed by atoms with E-state index >= 15 is 0 Å². The number of nitrogens with zero attached hydrogens (tertiary/aromatic N) is 1. The van der Waals surface area contributed by atoms with Gasteiger partial charge < -0.3 is 15.8 Å². The van der Waals surface area contributed by atoms with Gasteiger partial charge >= 0.3 is 0 Å². The highest BCUT2D eigenvalue weighted by Crippen LogP contribution is 2.40. The molecule has 1 saturated heterocycles. The van der Waals surface area contributed by atoms with Crippen molar-refractivity contribution in [3.8, 4) is 0 Å². The molecule has 5 heteroatoms. The van der Waals surface area contributed by atoms with E-state index < -0.39 is 5.54 Å². The van der Waals surface area contributed by atoms with Crippen LogP contribution in [0.25, 0.3) is 0 Å². The molecular formula is C15H29N3O2. The zero-order valence-corrected chi connectivity index (χ0v) is 12.9. The van der Waals surface area contributed by atoms with Gasteiger partial charge in [-0.25, -0.2) is 0 Å². The average Bonchev–Trinajstić information content (AvgIpc) is 3.28. The van der Waals surface area contributed by atoms with Crippen LogP contribution < -0.4 is 11.1 Å². The van der Waals surface area contributed by atoms with Gasteiger partial charge in [0.2, 0.25) is 5.91 Å². The molecule has 1 amide bonds. The summed E-state index contributed by atoms with van der Waals surface area (Å²) in [4.78, 5) is 14.5. The summed E-state index contributed by atoms with van der Waals surface area (Å²) in [6, 6.07) is 0. The van der Waals surface area contributed by atoms with Crippen LogP contribution in [0.15, 0.2) is 0 Å². The van der Waals surface area contributed by atoms with E-state index in [1.54, 1.807) is 0 Å². The number of morpholine rings is 1. The Morgan fingerprint density at radius 1 is 1.45 bits per heavy atom. The lowest BCUT2D eigenvalue weighted by atomic mass is 9.90. The van der Waals surface area contributed by atoms with Crippen LogP contribution in [0.1, 0.15) is 39.5 Å². The summed E-state index contributed by atoms with van der Waals surface area (Å²) < 4.78 is 5.71. The Labute approximate surface area is 122 Å². The molecule has 1 saturated carbocycles. The summed E-state index contributed by atoms with van der Waals surface area (Å²) in [5.41, 5.74) is 5.24. The molecule has 116 valence electrons. The van der Waals surface area contributed by atoms with Gasteiger partial charge in [0.05, 0.1) is 12.7 Å². The highest BCUT2D eigenvalue weighted by molar-refractivity contribution is 5.86. The van der Waals surface area contributed by atoms with Gasteiger partial charge in [-0.3, -0.25) is 9.69 Å². The minimum atomic E-state index is -0.536. The van der Waals surface area contributed by atoms with E-state index in [-0.39, 0.29) is 5.91 Å². The van der Waals surface area contributed by atoms with E-state index in [2.05, 4.69) is 24.1 Å². The van der Waals surface area contributed by atoms with Gasteiger partial charge in [-0.1, -0.05) is 13.8 Å². The van der Waals surface area contributed by atoms with E-state index in [0.29, 0.717) is 12.0 Å². The van der Waals surface area contributed by atoms with Gasteiger partial charge in [0.15, 0.2) is 0 Å². The van der Waals surface area contributed by atoms with Crippen LogP contribution in [0.4, 0.5) is 0 Å². The van der Waals surface area contributed by atoms with E-state index in [4.69, 9.17) is 10.5 Å². The Bertz CT molecular complexity index is 333. The van der Waals surface area contributed by atoms with Crippen LogP contribution in [-0.2, 0) is 9.53 Å². The molecule has 1 aliphatic carbocycles. The van der Waals surface area contributed by atoms with Crippen molar-refractivity contribution in [2.75, 3.05) is 32.8 Å². The summed E-state index contributed by atoms with van der Waals surface area (Å²) in [7, 11) is 0. The Morgan fingerprint density at radius 3 is 2.75 bits per heavy atom. The van der Waals surface area contributed by atoms with Crippen LogP contribution in [0, 0.1) is 5.92 Å². The Morgan fingerprint density at radius 2 is 2.20 bits per heavy atom. The summed E-state index contributed by atoms with van der Waals surface area (Å²) in [5.74, 6) is 0.225. The molecule has 2 unspecified atom stereocenters. The van der Waals surface area contributed by atoms with Crippen molar-refractivity contribution in [2.45, 2.75) is 51.2 Å². The third-order valence-electron chi connectivity index (χ3n) is 4.56. The number of primary amides is 1. The molecule has 1 aliphatic heterocycles. The molecule has 3 N–H and O–H groups in total. The van der Waals surface area contributed by atoms with E-state index in [9.17, 15) is 4.79 Å². The van der Waals surface area contributed by atoms with E-state index in [1.165, 1.54) is 0 Å². The van der Waals surface area contributed by atoms with Crippen molar-refractivity contribution >= 4 is 5.91 Å². The number of hydrogen-bond acceptors (Lipinski definition) is 4. The Hall–Kier alpha value is -0.650. The van der Waals surface area contributed by atoms with Gasteiger partial charge in [0, 0.05) is 19.6 Å². The molecule has 0 aromatic rings. The Kier molecular flexibility index (Phi) is 5.41. The van der Waals surface area contributed by atoms with Crippen molar-refractivity contribution in [3.05, 3.63) is 0 Å². The van der Waals surface area contributed by atoms with Gasteiger partial charge in [0.25, 0.3) is 0 Å². The Balaban J connectivity index is 2.04. The number of nitrogens with two attached hydrogens (primary N) is 1. The first-order valence-corrected chi connectivity index (χ1v) is 8.01. The fourth-order valence-electron chi connectivity index (χ4n) is 3.14. The minimum absolute atomic E-state index is 0.187. The number of carbonyl (C=O) groups is 1. The van der Waals surface area contributed by atoms with Crippen molar-refractivity contribution < 1.29 is 9.53 Å². The molecule has 2 fully saturated rings. The SMILES string of the molecule is CCCNC(CN1CCOC(CC)C1)(C(N)=O)C1CC1. The molecule has 0 aromatic carbocycles. The topological polar surface area (TPSA) is 67.6 Å². The first-order chi connectivity index (χ1) is 9.62. The lowest BCUT2D eigenvalue weighted by molar-refractivity contribution is -0.127. The van der Waals surface area contributed by atoms with E-state index in [1.807, 2.05) is 0 Å². The molecule has 0 radical (unpaired) electrons. The average molecular weight is 283 g/mol. The third kappa shape index (κ3) is 3.51. The first-order valence-electron chi connectivity index (χ1n) is 8.01. The second kappa shape index (κ2) is 6.87. The normalized spacial score (nSPS) is 27.2. The molecule has 0 bridgehead atoms. The zero-order chi connectivity index (χ0) is 14.6. The third-order valence-corrected chi connectivity index (χ3v) is 4.56. The highest BCUT2D eigenvalue weighted by atomic mass is 16.5. The molecule has 0 spiro atoms. The summed E-state index contributed by atoms with van der Waals surface area (Å²) >= 11 is 0. The molecule has 2 atom stereocenters. The fraction of sp³-hybridized carbons (Fsp3) is 0.933. The number of nitrogens with one attached hydrogen (secondary N) is 1. The maximum Gasteiger partial charge on any atom is 0.239 e. The van der Waals surface area contributed by atoms with Crippen molar-refractivity contribution in [1.82, 2.24) is 10.2 Å². The van der Waals surface area contributed by atoms with Crippen LogP contribution in [0.3, 0.4) is 0 Å². The lowest BCUT2D eigenvalue weighted by Gasteiger charge is -2.40. The maximum atomic E-state index is 12.1. The first kappa shape index (κ1) is 15.7. The number of carbonyl (C=O) groups excluding carboxylic acids is 1. The summed E-state index contributed by atoms with van der Waals surface area (Å²) in [6.07, 6.45) is 4.55. The molecule has 5 nitrogen and oxygen atoms in total. The number of amides is 1. The smallest absolute Gasteiger partial charge is 0.239 e. The van der Waals surface area contributed by atoms with Crippen molar-refractivity contribution in [1.29, 1.82) is 0 Å². The number of hydrogen-bond donors (Lipinski definition) is 2. The second-order valence-electron chi connectivity index (χ2n) is 6.17. The second-order valence-corrected chi connectivity index (χ2v) is 6.17. The molecule has 1 heterocycles. The number of rotatable bonds is 8. The summed E-state index contributed by atoms with van der Waals surface area (Å²) in [5, 5.41) is 3.47. The van der Waals surface area contributed by atoms with Crippen molar-refractivity contribution in [3.63, 3.8) is 0 Å². The fourth-order valence-corrected chi connectivity index (χ4v) is 3.14. The van der Waals surface area contributed by atoms with E-state index in [0.717, 1.165) is 58.5 Å². The quantitative estimate of drug-likeness (QED) is 0.689. The highest BCUT2D eigenvalue weighted by Gasteiger charge is 2.50. The molecule has 20 heavy (non-hydrogen) atoms. The minimum Gasteiger partial charge on any atom is -0.376 e. The van der Waals surface area contributed by atoms with Gasteiger partial charge in [-0.05, 0) is 38.1 Å². The monoisotopic (exact) mass is 283 g/mol. The maximum absolute atomic E-state index is 12.1. The van der Waals surface area contributed by atoms with Crippen LogP contribution in [0.2, 0.25) is 0 Å². The van der Waals surface area contributed by atoms with Gasteiger partial charge in [-0.15, -0.1) is 0 Å². The van der Waals surface area contributed by atoms with Gasteiger partial charge in [0.1, 0.15) is 5.54 Å². The zero-order valence-electron chi connectivity index (χ0n) is 12.9. The summed E-state index contributed by atoms with van der Waals surface area (Å²) in [6.45, 7) is 8.40.